The third-order valence-electron chi connectivity index (χ3n) is 5.35. The van der Waals surface area contributed by atoms with E-state index in [2.05, 4.69) is 15.3 Å². The standard InChI is InChI=1S/C22H23ClN4O4/c23-16-10-14(7-8-18(16)29)26-22-21-17(24-13-25-22)5-3-6-19(21)31-12-15-4-1-2-9-27(15)20(30)11-28/h3,5-8,10,13,15,28-29H,1-2,4,9,11-12H2,(H,24,25,26). The highest BCUT2D eigenvalue weighted by Gasteiger charge is 2.27. The molecule has 1 atom stereocenters. The Hall–Kier alpha value is -3.10. The molecule has 1 saturated heterocycles. The van der Waals surface area contributed by atoms with Crippen molar-refractivity contribution >= 4 is 39.9 Å². The van der Waals surface area contributed by atoms with Crippen molar-refractivity contribution in [2.24, 2.45) is 0 Å². The lowest BCUT2D eigenvalue weighted by Crippen LogP contribution is -2.47. The lowest BCUT2D eigenvalue weighted by molar-refractivity contribution is -0.138. The molecule has 1 unspecified atom stereocenters. The molecule has 1 fully saturated rings. The van der Waals surface area contributed by atoms with Crippen LogP contribution in [0.3, 0.4) is 0 Å². The first-order valence-corrected chi connectivity index (χ1v) is 10.5. The largest absolute Gasteiger partial charge is 0.506 e. The number of rotatable bonds is 6. The minimum absolute atomic E-state index is 0.00162. The smallest absolute Gasteiger partial charge is 0.248 e. The number of hydrogen-bond donors (Lipinski definition) is 3. The van der Waals surface area contributed by atoms with Crippen molar-refractivity contribution < 1.29 is 19.7 Å². The molecule has 0 aliphatic carbocycles. The van der Waals surface area contributed by atoms with Crippen LogP contribution in [0.2, 0.25) is 5.02 Å². The van der Waals surface area contributed by atoms with Crippen molar-refractivity contribution in [3.63, 3.8) is 0 Å². The maximum Gasteiger partial charge on any atom is 0.248 e. The van der Waals surface area contributed by atoms with E-state index >= 15 is 0 Å². The summed E-state index contributed by atoms with van der Waals surface area (Å²) in [6.07, 6.45) is 4.22. The number of halogens is 1. The van der Waals surface area contributed by atoms with Crippen molar-refractivity contribution in [2.45, 2.75) is 25.3 Å². The van der Waals surface area contributed by atoms with Crippen LogP contribution in [0.1, 0.15) is 19.3 Å². The van der Waals surface area contributed by atoms with Crippen LogP contribution in [0.5, 0.6) is 11.5 Å². The number of likely N-dealkylation sites (tertiary alicyclic amines) is 1. The zero-order valence-electron chi connectivity index (χ0n) is 16.8. The number of phenolic OH excluding ortho intramolecular Hbond substituents is 1. The normalized spacial score (nSPS) is 16.3. The molecule has 8 nitrogen and oxygen atoms in total. The number of aliphatic hydroxyl groups is 1. The molecule has 2 heterocycles. The highest BCUT2D eigenvalue weighted by Crippen LogP contribution is 2.34. The zero-order chi connectivity index (χ0) is 21.8. The Morgan fingerprint density at radius 3 is 2.94 bits per heavy atom. The minimum atomic E-state index is -0.498. The van der Waals surface area contributed by atoms with Gasteiger partial charge >= 0.3 is 0 Å². The third kappa shape index (κ3) is 4.65. The van der Waals surface area contributed by atoms with Crippen LogP contribution in [0.25, 0.3) is 10.9 Å². The van der Waals surface area contributed by atoms with Crippen molar-refractivity contribution in [1.29, 1.82) is 0 Å². The fraction of sp³-hybridized carbons (Fsp3) is 0.318. The number of amides is 1. The molecule has 1 amide bonds. The van der Waals surface area contributed by atoms with Gasteiger partial charge in [0.15, 0.2) is 0 Å². The lowest BCUT2D eigenvalue weighted by atomic mass is 10.0. The highest BCUT2D eigenvalue weighted by molar-refractivity contribution is 6.32. The summed E-state index contributed by atoms with van der Waals surface area (Å²) in [5.41, 5.74) is 1.36. The van der Waals surface area contributed by atoms with E-state index in [4.69, 9.17) is 16.3 Å². The zero-order valence-corrected chi connectivity index (χ0v) is 17.5. The van der Waals surface area contributed by atoms with Gasteiger partial charge in [-0.25, -0.2) is 9.97 Å². The third-order valence-corrected chi connectivity index (χ3v) is 5.65. The molecular weight excluding hydrogens is 420 g/mol. The van der Waals surface area contributed by atoms with Gasteiger partial charge in [-0.2, -0.15) is 0 Å². The van der Waals surface area contributed by atoms with Crippen molar-refractivity contribution in [3.05, 3.63) is 47.7 Å². The summed E-state index contributed by atoms with van der Waals surface area (Å²) in [7, 11) is 0. The van der Waals surface area contributed by atoms with Crippen LogP contribution in [-0.2, 0) is 4.79 Å². The predicted molar refractivity (Wildman–Crippen MR) is 118 cm³/mol. The second-order valence-corrected chi connectivity index (χ2v) is 7.78. The molecule has 0 saturated carbocycles. The number of carbonyl (C=O) groups excluding carboxylic acids is 1. The number of hydrogen-bond acceptors (Lipinski definition) is 7. The van der Waals surface area contributed by atoms with E-state index in [-0.39, 0.29) is 22.7 Å². The maximum absolute atomic E-state index is 12.1. The second kappa shape index (κ2) is 9.36. The summed E-state index contributed by atoms with van der Waals surface area (Å²) >= 11 is 6.02. The Bertz CT molecular complexity index is 1090. The number of aromatic nitrogens is 2. The van der Waals surface area contributed by atoms with Crippen LogP contribution in [0, 0.1) is 0 Å². The molecule has 3 N–H and O–H groups in total. The molecule has 2 aromatic carbocycles. The SMILES string of the molecule is O=C(CO)N1CCCCC1COc1cccc2ncnc(Nc3ccc(O)c(Cl)c3)c12. The number of nitrogens with zero attached hydrogens (tertiary/aromatic N) is 3. The van der Waals surface area contributed by atoms with E-state index < -0.39 is 6.61 Å². The van der Waals surface area contributed by atoms with Gasteiger partial charge in [0.25, 0.3) is 0 Å². The fourth-order valence-electron chi connectivity index (χ4n) is 3.79. The number of anilines is 2. The van der Waals surface area contributed by atoms with Gasteiger partial charge in [-0.15, -0.1) is 0 Å². The van der Waals surface area contributed by atoms with E-state index in [1.807, 2.05) is 18.2 Å². The Morgan fingerprint density at radius 1 is 1.26 bits per heavy atom. The average molecular weight is 443 g/mol. The van der Waals surface area contributed by atoms with Gasteiger partial charge in [0, 0.05) is 12.2 Å². The molecule has 162 valence electrons. The topological polar surface area (TPSA) is 108 Å². The number of aromatic hydroxyl groups is 1. The quantitative estimate of drug-likeness (QED) is 0.501. The molecule has 0 radical (unpaired) electrons. The van der Waals surface area contributed by atoms with Gasteiger partial charge < -0.3 is 25.2 Å². The summed E-state index contributed by atoms with van der Waals surface area (Å²) in [5.74, 6) is 0.848. The van der Waals surface area contributed by atoms with Gasteiger partial charge in [0.2, 0.25) is 5.91 Å². The first kappa shape index (κ1) is 21.1. The number of piperidine rings is 1. The Balaban J connectivity index is 1.60. The monoisotopic (exact) mass is 442 g/mol. The minimum Gasteiger partial charge on any atom is -0.506 e. The summed E-state index contributed by atoms with van der Waals surface area (Å²) in [6, 6.07) is 10.3. The number of benzene rings is 2. The molecular formula is C22H23ClN4O4. The van der Waals surface area contributed by atoms with Crippen molar-refractivity contribution in [3.8, 4) is 11.5 Å². The van der Waals surface area contributed by atoms with Crippen LogP contribution < -0.4 is 10.1 Å². The number of phenols is 1. The first-order valence-electron chi connectivity index (χ1n) is 10.1. The number of fused-ring (bicyclic) bond motifs is 1. The van der Waals surface area contributed by atoms with Gasteiger partial charge in [-0.3, -0.25) is 4.79 Å². The molecule has 9 heteroatoms. The molecule has 0 bridgehead atoms. The Morgan fingerprint density at radius 2 is 2.13 bits per heavy atom. The van der Waals surface area contributed by atoms with Gasteiger partial charge in [-0.1, -0.05) is 17.7 Å². The highest BCUT2D eigenvalue weighted by atomic mass is 35.5. The Labute approximate surface area is 184 Å². The number of ether oxygens (including phenoxy) is 1. The summed E-state index contributed by atoms with van der Waals surface area (Å²) < 4.78 is 6.14. The molecule has 4 rings (SSSR count). The Kier molecular flexibility index (Phi) is 6.39. The molecule has 31 heavy (non-hydrogen) atoms. The van der Waals surface area contributed by atoms with Gasteiger partial charge in [0.1, 0.15) is 36.9 Å². The van der Waals surface area contributed by atoms with Crippen LogP contribution in [-0.4, -0.2) is 56.8 Å². The fourth-order valence-corrected chi connectivity index (χ4v) is 3.97. The summed E-state index contributed by atoms with van der Waals surface area (Å²) in [6.45, 7) is 0.437. The van der Waals surface area contributed by atoms with E-state index in [1.165, 1.54) is 12.4 Å². The van der Waals surface area contributed by atoms with Gasteiger partial charge in [-0.05, 0) is 49.6 Å². The first-order chi connectivity index (χ1) is 15.1. The maximum atomic E-state index is 12.1. The van der Waals surface area contributed by atoms with Crippen LogP contribution in [0.4, 0.5) is 11.5 Å². The lowest BCUT2D eigenvalue weighted by Gasteiger charge is -2.35. The predicted octanol–water partition coefficient (Wildman–Crippen LogP) is 3.48. The summed E-state index contributed by atoms with van der Waals surface area (Å²) in [5, 5.41) is 23.0. The van der Waals surface area contributed by atoms with Gasteiger partial charge in [0.05, 0.1) is 22.0 Å². The molecule has 1 aromatic heterocycles. The van der Waals surface area contributed by atoms with E-state index in [9.17, 15) is 15.0 Å². The van der Waals surface area contributed by atoms with E-state index in [0.717, 1.165) is 19.3 Å². The number of aliphatic hydroxyl groups excluding tert-OH is 1. The molecule has 0 spiro atoms. The number of carbonyl (C=O) groups is 1. The second-order valence-electron chi connectivity index (χ2n) is 7.37. The molecule has 3 aromatic rings. The molecule has 1 aliphatic heterocycles. The van der Waals surface area contributed by atoms with Crippen LogP contribution in [0.15, 0.2) is 42.7 Å². The van der Waals surface area contributed by atoms with Crippen LogP contribution >= 0.6 is 11.6 Å². The number of nitrogens with one attached hydrogen (secondary N) is 1. The average Bonchev–Trinajstić information content (AvgIpc) is 2.80. The van der Waals surface area contributed by atoms with Crippen molar-refractivity contribution in [1.82, 2.24) is 14.9 Å². The van der Waals surface area contributed by atoms with E-state index in [0.29, 0.717) is 41.3 Å². The summed E-state index contributed by atoms with van der Waals surface area (Å²) in [4.78, 5) is 22.5. The van der Waals surface area contributed by atoms with Crippen molar-refractivity contribution in [2.75, 3.05) is 25.1 Å². The molecule has 1 aliphatic rings. The van der Waals surface area contributed by atoms with E-state index in [1.54, 1.807) is 17.0 Å².